The van der Waals surface area contributed by atoms with Crippen LogP contribution < -0.4 is 14.8 Å². The maximum absolute atomic E-state index is 13.2. The van der Waals surface area contributed by atoms with Crippen molar-refractivity contribution in [2.75, 3.05) is 30.2 Å². The number of anilines is 2. The number of pyridine rings is 2. The summed E-state index contributed by atoms with van der Waals surface area (Å²) in [7, 11) is -2.62. The summed E-state index contributed by atoms with van der Waals surface area (Å²) in [5.74, 6) is 0.0994. The Hall–Kier alpha value is -4.71. The van der Waals surface area contributed by atoms with Gasteiger partial charge >= 0.3 is 6.09 Å². The van der Waals surface area contributed by atoms with Crippen molar-refractivity contribution in [1.82, 2.24) is 14.9 Å². The fourth-order valence-corrected chi connectivity index (χ4v) is 5.63. The molecule has 0 radical (unpaired) electrons. The summed E-state index contributed by atoms with van der Waals surface area (Å²) >= 11 is 0. The molecule has 5 rings (SSSR count). The number of benzene rings is 2. The number of nitrogens with one attached hydrogen (secondary N) is 2. The third-order valence-electron chi connectivity index (χ3n) is 6.25. The number of hydrogen-bond acceptors (Lipinski definition) is 7. The van der Waals surface area contributed by atoms with Gasteiger partial charge < -0.3 is 14.7 Å². The summed E-state index contributed by atoms with van der Waals surface area (Å²) in [6, 6.07) is 16.4. The minimum absolute atomic E-state index is 0.0246. The van der Waals surface area contributed by atoms with E-state index in [9.17, 15) is 18.0 Å². The van der Waals surface area contributed by atoms with Crippen LogP contribution >= 0.6 is 0 Å². The lowest BCUT2D eigenvalue weighted by Crippen LogP contribution is -2.48. The molecule has 2 aromatic heterocycles. The van der Waals surface area contributed by atoms with Crippen molar-refractivity contribution in [2.24, 2.45) is 0 Å². The van der Waals surface area contributed by atoms with Gasteiger partial charge in [-0.1, -0.05) is 24.3 Å². The Balaban J connectivity index is 1.33. The number of sulfonamides is 1. The van der Waals surface area contributed by atoms with Gasteiger partial charge in [-0.2, -0.15) is 0 Å². The van der Waals surface area contributed by atoms with Crippen LogP contribution in [0.2, 0.25) is 0 Å². The minimum atomic E-state index is -4.01. The highest BCUT2D eigenvalue weighted by Crippen LogP contribution is 2.34. The van der Waals surface area contributed by atoms with E-state index in [1.807, 2.05) is 0 Å². The molecule has 0 spiro atoms. The zero-order chi connectivity index (χ0) is 26.9. The molecule has 1 aliphatic rings. The van der Waals surface area contributed by atoms with Crippen molar-refractivity contribution >= 4 is 44.4 Å². The molecule has 11 nitrogen and oxygen atoms in total. The number of para-hydroxylation sites is 1. The monoisotopic (exact) mass is 533 g/mol. The van der Waals surface area contributed by atoms with Crippen molar-refractivity contribution in [2.45, 2.75) is 10.8 Å². The summed E-state index contributed by atoms with van der Waals surface area (Å²) in [5, 5.41) is 12.0. The number of carboxylic acid groups (broad SMARTS) is 1. The molecule has 0 atom stereocenters. The van der Waals surface area contributed by atoms with E-state index in [1.54, 1.807) is 41.3 Å². The number of fused-ring (bicyclic) bond motifs is 1. The first-order valence-corrected chi connectivity index (χ1v) is 13.0. The van der Waals surface area contributed by atoms with Gasteiger partial charge in [0.15, 0.2) is 0 Å². The molecule has 3 N–H and O–H groups in total. The van der Waals surface area contributed by atoms with Crippen LogP contribution in [0.15, 0.2) is 78.0 Å². The van der Waals surface area contributed by atoms with Crippen molar-refractivity contribution in [3.63, 3.8) is 0 Å². The Bertz CT molecular complexity index is 1650. The van der Waals surface area contributed by atoms with Crippen LogP contribution in [0.5, 0.6) is 5.75 Å². The van der Waals surface area contributed by atoms with E-state index < -0.39 is 16.1 Å². The number of carbonyl (C=O) groups is 2. The van der Waals surface area contributed by atoms with Gasteiger partial charge in [0.25, 0.3) is 15.9 Å². The SMILES string of the molecule is COc1cc(C(=O)N2CC(c3cccnc3NC(=O)O)C2)ccc1NS(=O)(=O)c1cccc2cccnc12. The first-order chi connectivity index (χ1) is 18.3. The predicted molar refractivity (Wildman–Crippen MR) is 140 cm³/mol. The van der Waals surface area contributed by atoms with Gasteiger partial charge in [0.05, 0.1) is 18.3 Å². The van der Waals surface area contributed by atoms with E-state index in [0.717, 1.165) is 0 Å². The number of nitrogens with zero attached hydrogens (tertiary/aromatic N) is 3. The van der Waals surface area contributed by atoms with Gasteiger partial charge in [-0.05, 0) is 36.4 Å². The maximum Gasteiger partial charge on any atom is 0.410 e. The quantitative estimate of drug-likeness (QED) is 0.325. The molecular weight excluding hydrogens is 510 g/mol. The second kappa shape index (κ2) is 9.98. The molecule has 194 valence electrons. The Morgan fingerprint density at radius 3 is 2.53 bits per heavy atom. The number of carbonyl (C=O) groups excluding carboxylic acids is 1. The first kappa shape index (κ1) is 25.0. The van der Waals surface area contributed by atoms with Crippen LogP contribution in [0.1, 0.15) is 21.8 Å². The van der Waals surface area contributed by atoms with E-state index in [2.05, 4.69) is 20.0 Å². The van der Waals surface area contributed by atoms with Crippen LogP contribution in [0.25, 0.3) is 10.9 Å². The Labute approximate surface area is 218 Å². The van der Waals surface area contributed by atoms with Gasteiger partial charge in [-0.3, -0.25) is 19.8 Å². The molecule has 12 heteroatoms. The molecule has 4 aromatic rings. The van der Waals surface area contributed by atoms with Gasteiger partial charge in [0, 0.05) is 47.9 Å². The number of hydrogen-bond donors (Lipinski definition) is 3. The first-order valence-electron chi connectivity index (χ1n) is 11.6. The Morgan fingerprint density at radius 2 is 1.76 bits per heavy atom. The van der Waals surface area contributed by atoms with Crippen LogP contribution in [0.3, 0.4) is 0 Å². The summed E-state index contributed by atoms with van der Waals surface area (Å²) in [6.07, 6.45) is 1.81. The number of rotatable bonds is 7. The normalized spacial score (nSPS) is 13.6. The summed E-state index contributed by atoms with van der Waals surface area (Å²) < 4.78 is 34.3. The lowest BCUT2D eigenvalue weighted by Gasteiger charge is -2.40. The molecule has 0 unspecified atom stereocenters. The lowest BCUT2D eigenvalue weighted by molar-refractivity contribution is 0.0602. The van der Waals surface area contributed by atoms with Crippen LogP contribution in [-0.4, -0.2) is 60.6 Å². The number of amides is 2. The van der Waals surface area contributed by atoms with Crippen molar-refractivity contribution in [3.8, 4) is 5.75 Å². The fourth-order valence-electron chi connectivity index (χ4n) is 4.38. The summed E-state index contributed by atoms with van der Waals surface area (Å²) in [5.41, 5.74) is 1.56. The standard InChI is InChI=1S/C26H23N5O6S/c1-37-21-13-17(25(32)31-14-18(15-31)19-7-4-12-28-24(19)29-26(33)34)9-10-20(21)30-38(35,36)22-8-2-5-16-6-3-11-27-23(16)22/h2-13,18,30H,14-15H2,1H3,(H,28,29)(H,33,34). The molecule has 1 saturated heterocycles. The van der Waals surface area contributed by atoms with Crippen molar-refractivity contribution in [3.05, 3.63) is 84.2 Å². The van der Waals surface area contributed by atoms with Crippen LogP contribution in [-0.2, 0) is 10.0 Å². The second-order valence-electron chi connectivity index (χ2n) is 8.63. The number of likely N-dealkylation sites (tertiary alicyclic amines) is 1. The fraction of sp³-hybridized carbons (Fsp3) is 0.154. The van der Waals surface area contributed by atoms with Gasteiger partial charge in [-0.15, -0.1) is 0 Å². The van der Waals surface area contributed by atoms with E-state index in [-0.39, 0.29) is 34.0 Å². The second-order valence-corrected chi connectivity index (χ2v) is 10.3. The van der Waals surface area contributed by atoms with E-state index in [1.165, 1.54) is 43.8 Å². The predicted octanol–water partition coefficient (Wildman–Crippen LogP) is 3.77. The van der Waals surface area contributed by atoms with Crippen molar-refractivity contribution in [1.29, 1.82) is 0 Å². The lowest BCUT2D eigenvalue weighted by atomic mass is 9.91. The summed E-state index contributed by atoms with van der Waals surface area (Å²) in [6.45, 7) is 0.757. The van der Waals surface area contributed by atoms with Crippen LogP contribution in [0.4, 0.5) is 16.3 Å². The smallest absolute Gasteiger partial charge is 0.410 e. The van der Waals surface area contributed by atoms with E-state index >= 15 is 0 Å². The molecule has 38 heavy (non-hydrogen) atoms. The molecule has 1 aliphatic heterocycles. The van der Waals surface area contributed by atoms with Gasteiger partial charge in [0.2, 0.25) is 0 Å². The zero-order valence-electron chi connectivity index (χ0n) is 20.2. The molecule has 0 aliphatic carbocycles. The highest BCUT2D eigenvalue weighted by molar-refractivity contribution is 7.93. The average molecular weight is 534 g/mol. The van der Waals surface area contributed by atoms with Crippen molar-refractivity contribution < 1.29 is 27.9 Å². The molecule has 0 bridgehead atoms. The molecule has 1 fully saturated rings. The number of methoxy groups -OCH3 is 1. The third kappa shape index (κ3) is 4.81. The number of aromatic nitrogens is 2. The average Bonchev–Trinajstić information content (AvgIpc) is 2.88. The summed E-state index contributed by atoms with van der Waals surface area (Å²) in [4.78, 5) is 34.1. The largest absolute Gasteiger partial charge is 0.495 e. The van der Waals surface area contributed by atoms with Gasteiger partial charge in [0.1, 0.15) is 16.5 Å². The molecule has 2 amide bonds. The number of ether oxygens (including phenoxy) is 1. The molecule has 0 saturated carbocycles. The highest BCUT2D eigenvalue weighted by atomic mass is 32.2. The minimum Gasteiger partial charge on any atom is -0.495 e. The molecule has 3 heterocycles. The Morgan fingerprint density at radius 1 is 1.03 bits per heavy atom. The van der Waals surface area contributed by atoms with Crippen LogP contribution in [0, 0.1) is 0 Å². The molecule has 2 aromatic carbocycles. The zero-order valence-corrected chi connectivity index (χ0v) is 21.0. The highest BCUT2D eigenvalue weighted by Gasteiger charge is 2.34. The molecular formula is C26H23N5O6S. The third-order valence-corrected chi connectivity index (χ3v) is 7.65. The van der Waals surface area contributed by atoms with Gasteiger partial charge in [-0.25, -0.2) is 18.2 Å². The Kier molecular flexibility index (Phi) is 6.55. The van der Waals surface area contributed by atoms with E-state index in [0.29, 0.717) is 35.1 Å². The van der Waals surface area contributed by atoms with E-state index in [4.69, 9.17) is 9.84 Å². The topological polar surface area (TPSA) is 151 Å². The maximum atomic E-state index is 13.2.